The van der Waals surface area contributed by atoms with Gasteiger partial charge in [-0.1, -0.05) is 30.3 Å². The molecule has 0 saturated carbocycles. The van der Waals surface area contributed by atoms with Gasteiger partial charge in [-0.05, 0) is 37.4 Å². The summed E-state index contributed by atoms with van der Waals surface area (Å²) in [6.07, 6.45) is 0. The Labute approximate surface area is 163 Å². The maximum atomic E-state index is 13.2. The van der Waals surface area contributed by atoms with E-state index in [4.69, 9.17) is 0 Å². The maximum Gasteiger partial charge on any atom is 0.265 e. The third-order valence-electron chi connectivity index (χ3n) is 5.74. The van der Waals surface area contributed by atoms with Crippen LogP contribution in [0.5, 0.6) is 0 Å². The number of benzene rings is 3. The Morgan fingerprint density at radius 2 is 1.39 bits per heavy atom. The van der Waals surface area contributed by atoms with E-state index in [0.717, 1.165) is 42.6 Å². The van der Waals surface area contributed by atoms with E-state index in [9.17, 15) is 9.59 Å². The minimum atomic E-state index is -0.259. The number of likely N-dealkylation sites (N-methyl/N-ethyl adjacent to an activating group) is 1. The Morgan fingerprint density at radius 1 is 0.714 bits per heavy atom. The molecule has 0 N–H and O–H groups in total. The third kappa shape index (κ3) is 2.51. The molecule has 0 atom stereocenters. The van der Waals surface area contributed by atoms with Crippen molar-refractivity contribution in [3.63, 3.8) is 0 Å². The van der Waals surface area contributed by atoms with Gasteiger partial charge in [0.25, 0.3) is 11.8 Å². The monoisotopic (exact) mass is 371 g/mol. The van der Waals surface area contributed by atoms with Crippen LogP contribution in [0.25, 0.3) is 10.8 Å². The molecule has 0 bridgehead atoms. The number of rotatable bonds is 2. The predicted octanol–water partition coefficient (Wildman–Crippen LogP) is 3.39. The average molecular weight is 371 g/mol. The Kier molecular flexibility index (Phi) is 3.91. The zero-order valence-corrected chi connectivity index (χ0v) is 15.8. The van der Waals surface area contributed by atoms with Gasteiger partial charge < -0.3 is 9.80 Å². The molecule has 1 fully saturated rings. The van der Waals surface area contributed by atoms with Gasteiger partial charge in [0.1, 0.15) is 0 Å². The van der Waals surface area contributed by atoms with E-state index in [0.29, 0.717) is 16.8 Å². The quantitative estimate of drug-likeness (QED) is 0.648. The number of amides is 2. The summed E-state index contributed by atoms with van der Waals surface area (Å²) in [5.41, 5.74) is 2.88. The molecule has 5 rings (SSSR count). The zero-order valence-electron chi connectivity index (χ0n) is 15.8. The smallest absolute Gasteiger partial charge is 0.265 e. The molecule has 0 aromatic heterocycles. The van der Waals surface area contributed by atoms with Gasteiger partial charge in [-0.25, -0.2) is 4.90 Å². The van der Waals surface area contributed by atoms with Gasteiger partial charge in [-0.2, -0.15) is 0 Å². The molecule has 2 heterocycles. The van der Waals surface area contributed by atoms with E-state index in [1.54, 1.807) is 12.1 Å². The first-order valence-corrected chi connectivity index (χ1v) is 9.58. The molecule has 5 heteroatoms. The van der Waals surface area contributed by atoms with E-state index >= 15 is 0 Å². The second-order valence-electron chi connectivity index (χ2n) is 7.43. The van der Waals surface area contributed by atoms with E-state index in [2.05, 4.69) is 16.8 Å². The molecule has 3 aromatic carbocycles. The number of nitrogens with zero attached hydrogens (tertiary/aromatic N) is 3. The Morgan fingerprint density at radius 3 is 2.11 bits per heavy atom. The fraction of sp³-hybridized carbons (Fsp3) is 0.217. The molecule has 5 nitrogen and oxygen atoms in total. The molecule has 0 spiro atoms. The molecule has 2 amide bonds. The van der Waals surface area contributed by atoms with E-state index in [-0.39, 0.29) is 11.8 Å². The van der Waals surface area contributed by atoms with Gasteiger partial charge >= 0.3 is 0 Å². The number of imide groups is 1. The SMILES string of the molecule is CN1CCN(c2ccc3c4c(cccc24)C(=O)N(c2ccccc2)C3=O)CC1. The summed E-state index contributed by atoms with van der Waals surface area (Å²) in [6, 6.07) is 18.8. The third-order valence-corrected chi connectivity index (χ3v) is 5.74. The number of para-hydroxylation sites is 1. The molecule has 2 aliphatic heterocycles. The Balaban J connectivity index is 1.66. The van der Waals surface area contributed by atoms with Crippen LogP contribution in [0.1, 0.15) is 20.7 Å². The molecule has 2 aliphatic rings. The van der Waals surface area contributed by atoms with Crippen LogP contribution in [0.2, 0.25) is 0 Å². The van der Waals surface area contributed by atoms with Crippen molar-refractivity contribution in [2.75, 3.05) is 43.0 Å². The summed E-state index contributed by atoms with van der Waals surface area (Å²) in [5, 5.41) is 1.76. The number of anilines is 2. The van der Waals surface area contributed by atoms with Crippen LogP contribution in [0.4, 0.5) is 11.4 Å². The molecule has 3 aromatic rings. The lowest BCUT2D eigenvalue weighted by atomic mass is 9.92. The van der Waals surface area contributed by atoms with Crippen molar-refractivity contribution in [1.29, 1.82) is 0 Å². The zero-order chi connectivity index (χ0) is 19.3. The predicted molar refractivity (Wildman–Crippen MR) is 111 cm³/mol. The summed E-state index contributed by atoms with van der Waals surface area (Å²) in [7, 11) is 2.13. The van der Waals surface area contributed by atoms with Crippen molar-refractivity contribution in [3.8, 4) is 0 Å². The van der Waals surface area contributed by atoms with E-state index < -0.39 is 0 Å². The number of carbonyl (C=O) groups is 2. The van der Waals surface area contributed by atoms with Crippen LogP contribution < -0.4 is 9.80 Å². The van der Waals surface area contributed by atoms with Crippen molar-refractivity contribution in [2.24, 2.45) is 0 Å². The molecule has 28 heavy (non-hydrogen) atoms. The summed E-state index contributed by atoms with van der Waals surface area (Å²) in [5.74, 6) is -0.519. The average Bonchev–Trinajstić information content (AvgIpc) is 2.73. The van der Waals surface area contributed by atoms with Crippen molar-refractivity contribution >= 4 is 34.0 Å². The lowest BCUT2D eigenvalue weighted by molar-refractivity contribution is 0.0893. The number of carbonyl (C=O) groups excluding carboxylic acids is 2. The lowest BCUT2D eigenvalue weighted by Crippen LogP contribution is -2.45. The van der Waals surface area contributed by atoms with Crippen LogP contribution in [-0.2, 0) is 0 Å². The fourth-order valence-corrected chi connectivity index (χ4v) is 4.22. The second kappa shape index (κ2) is 6.46. The molecule has 0 aliphatic carbocycles. The largest absolute Gasteiger partial charge is 0.368 e. The Bertz CT molecular complexity index is 1060. The van der Waals surface area contributed by atoms with Gasteiger partial charge in [0.05, 0.1) is 5.69 Å². The van der Waals surface area contributed by atoms with E-state index in [1.165, 1.54) is 4.90 Å². The van der Waals surface area contributed by atoms with Gasteiger partial charge in [0, 0.05) is 53.8 Å². The lowest BCUT2D eigenvalue weighted by Gasteiger charge is -2.35. The highest BCUT2D eigenvalue weighted by Gasteiger charge is 2.34. The highest BCUT2D eigenvalue weighted by molar-refractivity contribution is 6.36. The molecule has 0 radical (unpaired) electrons. The molecular weight excluding hydrogens is 350 g/mol. The van der Waals surface area contributed by atoms with Crippen LogP contribution in [0.15, 0.2) is 60.7 Å². The Hall–Kier alpha value is -3.18. The molecule has 1 saturated heterocycles. The maximum absolute atomic E-state index is 13.2. The van der Waals surface area contributed by atoms with E-state index in [1.807, 2.05) is 48.5 Å². The van der Waals surface area contributed by atoms with Crippen molar-refractivity contribution in [2.45, 2.75) is 0 Å². The number of hydrogen-bond donors (Lipinski definition) is 0. The van der Waals surface area contributed by atoms with Crippen molar-refractivity contribution < 1.29 is 9.59 Å². The standard InChI is InChI=1S/C23H21N3O2/c1-24-12-14-25(15-13-24)20-11-10-19-21-17(20)8-5-9-18(21)22(27)26(23(19)28)16-6-3-2-4-7-16/h2-11H,12-15H2,1H3. The van der Waals surface area contributed by atoms with Gasteiger partial charge in [-0.15, -0.1) is 0 Å². The van der Waals surface area contributed by atoms with Crippen LogP contribution in [0, 0.1) is 0 Å². The molecule has 140 valence electrons. The second-order valence-corrected chi connectivity index (χ2v) is 7.43. The van der Waals surface area contributed by atoms with Crippen LogP contribution >= 0.6 is 0 Å². The van der Waals surface area contributed by atoms with Gasteiger partial charge in [0.2, 0.25) is 0 Å². The highest BCUT2D eigenvalue weighted by atomic mass is 16.2. The first-order chi connectivity index (χ1) is 13.6. The van der Waals surface area contributed by atoms with Gasteiger partial charge in [-0.3, -0.25) is 9.59 Å². The first-order valence-electron chi connectivity index (χ1n) is 9.58. The summed E-state index contributed by atoms with van der Waals surface area (Å²) in [4.78, 5) is 32.4. The minimum absolute atomic E-state index is 0.259. The topological polar surface area (TPSA) is 43.9 Å². The number of hydrogen-bond acceptors (Lipinski definition) is 4. The van der Waals surface area contributed by atoms with Crippen molar-refractivity contribution in [3.05, 3.63) is 71.8 Å². The van der Waals surface area contributed by atoms with Crippen LogP contribution in [0.3, 0.4) is 0 Å². The summed E-state index contributed by atoms with van der Waals surface area (Å²) in [6.45, 7) is 3.88. The molecular formula is C23H21N3O2. The van der Waals surface area contributed by atoms with Gasteiger partial charge in [0.15, 0.2) is 0 Å². The summed E-state index contributed by atoms with van der Waals surface area (Å²) < 4.78 is 0. The highest BCUT2D eigenvalue weighted by Crippen LogP contribution is 2.37. The first kappa shape index (κ1) is 17.0. The normalized spacial score (nSPS) is 17.5. The minimum Gasteiger partial charge on any atom is -0.368 e. The molecule has 0 unspecified atom stereocenters. The summed E-state index contributed by atoms with van der Waals surface area (Å²) >= 11 is 0. The number of piperazine rings is 1. The fourth-order valence-electron chi connectivity index (χ4n) is 4.22. The van der Waals surface area contributed by atoms with Crippen LogP contribution in [-0.4, -0.2) is 49.9 Å². The van der Waals surface area contributed by atoms with Crippen molar-refractivity contribution in [1.82, 2.24) is 4.90 Å².